The van der Waals surface area contributed by atoms with E-state index >= 15 is 0 Å². The van der Waals surface area contributed by atoms with E-state index in [9.17, 15) is 14.3 Å². The highest BCUT2D eigenvalue weighted by Crippen LogP contribution is 2.43. The molecule has 0 atom stereocenters. The number of hydrogen-bond acceptors (Lipinski definition) is 2. The first-order valence-electron chi connectivity index (χ1n) is 7.53. The van der Waals surface area contributed by atoms with Crippen LogP contribution < -0.4 is 4.74 Å². The molecule has 0 unspecified atom stereocenters. The number of hydrogen-bond donors (Lipinski definition) is 1. The summed E-state index contributed by atoms with van der Waals surface area (Å²) in [4.78, 5) is 11.8. The van der Waals surface area contributed by atoms with Gasteiger partial charge in [-0.15, -0.1) is 0 Å². The minimum atomic E-state index is -0.970. The number of methoxy groups -OCH3 is 1. The molecule has 0 radical (unpaired) electrons. The topological polar surface area (TPSA) is 46.5 Å². The molecule has 4 heteroatoms. The van der Waals surface area contributed by atoms with Crippen LogP contribution in [0.3, 0.4) is 0 Å². The van der Waals surface area contributed by atoms with Crippen LogP contribution in [0, 0.1) is 5.82 Å². The molecular formula is C17H23FO3. The Morgan fingerprint density at radius 2 is 1.90 bits per heavy atom. The molecule has 1 saturated carbocycles. The van der Waals surface area contributed by atoms with Gasteiger partial charge in [-0.2, -0.15) is 0 Å². The molecule has 1 aromatic rings. The highest BCUT2D eigenvalue weighted by atomic mass is 19.1. The summed E-state index contributed by atoms with van der Waals surface area (Å²) in [7, 11) is 1.50. The van der Waals surface area contributed by atoms with Gasteiger partial charge in [0.2, 0.25) is 0 Å². The Hall–Kier alpha value is -1.58. The summed E-state index contributed by atoms with van der Waals surface area (Å²) < 4.78 is 19.8. The normalized spacial score (nSPS) is 17.8. The molecule has 1 aromatic carbocycles. The molecule has 0 saturated heterocycles. The fourth-order valence-electron chi connectivity index (χ4n) is 3.38. The van der Waals surface area contributed by atoms with Gasteiger partial charge in [0, 0.05) is 5.56 Å². The molecule has 0 heterocycles. The lowest BCUT2D eigenvalue weighted by Crippen LogP contribution is -2.38. The number of rotatable bonds is 4. The van der Waals surface area contributed by atoms with Crippen molar-refractivity contribution in [2.75, 3.05) is 7.11 Å². The van der Waals surface area contributed by atoms with Gasteiger partial charge in [0.25, 0.3) is 0 Å². The van der Waals surface area contributed by atoms with Crippen molar-refractivity contribution >= 4 is 5.97 Å². The van der Waals surface area contributed by atoms with Crippen LogP contribution in [-0.2, 0) is 10.2 Å². The quantitative estimate of drug-likeness (QED) is 0.903. The van der Waals surface area contributed by atoms with Crippen molar-refractivity contribution in [3.63, 3.8) is 0 Å². The van der Waals surface area contributed by atoms with E-state index in [1.165, 1.54) is 13.2 Å². The van der Waals surface area contributed by atoms with E-state index in [0.717, 1.165) is 19.3 Å². The average molecular weight is 294 g/mol. The number of ether oxygens (including phenoxy) is 1. The van der Waals surface area contributed by atoms with Gasteiger partial charge in [-0.05, 0) is 36.5 Å². The van der Waals surface area contributed by atoms with Crippen LogP contribution in [-0.4, -0.2) is 18.2 Å². The number of benzene rings is 1. The summed E-state index contributed by atoms with van der Waals surface area (Å²) in [5.74, 6) is -0.793. The van der Waals surface area contributed by atoms with Crippen LogP contribution in [0.1, 0.15) is 63.0 Å². The third kappa shape index (κ3) is 2.76. The van der Waals surface area contributed by atoms with E-state index in [0.29, 0.717) is 29.7 Å². The van der Waals surface area contributed by atoms with Crippen molar-refractivity contribution in [2.24, 2.45) is 0 Å². The largest absolute Gasteiger partial charge is 0.496 e. The molecule has 0 bridgehead atoms. The standard InChI is InChI=1S/C17H23FO3/c1-11(2)15-13(18)9-12(10-14(15)21-3)17(16(19)20)7-5-4-6-8-17/h9-11H,4-8H2,1-3H3,(H,19,20). The second-order valence-corrected chi connectivity index (χ2v) is 6.18. The van der Waals surface area contributed by atoms with Gasteiger partial charge < -0.3 is 9.84 Å². The lowest BCUT2D eigenvalue weighted by molar-refractivity contribution is -0.145. The third-order valence-corrected chi connectivity index (χ3v) is 4.56. The van der Waals surface area contributed by atoms with Crippen molar-refractivity contribution < 1.29 is 19.0 Å². The Labute approximate surface area is 125 Å². The summed E-state index contributed by atoms with van der Waals surface area (Å²) in [6.07, 6.45) is 3.89. The lowest BCUT2D eigenvalue weighted by Gasteiger charge is -2.34. The maximum atomic E-state index is 14.5. The smallest absolute Gasteiger partial charge is 0.314 e. The second kappa shape index (κ2) is 6.04. The van der Waals surface area contributed by atoms with Crippen molar-refractivity contribution in [1.29, 1.82) is 0 Å². The molecular weight excluding hydrogens is 271 g/mol. The molecule has 0 amide bonds. The van der Waals surface area contributed by atoms with Crippen LogP contribution >= 0.6 is 0 Å². The van der Waals surface area contributed by atoms with Crippen molar-refractivity contribution in [3.8, 4) is 5.75 Å². The van der Waals surface area contributed by atoms with Crippen LogP contribution in [0.4, 0.5) is 4.39 Å². The van der Waals surface area contributed by atoms with E-state index in [1.807, 2.05) is 13.8 Å². The fourth-order valence-corrected chi connectivity index (χ4v) is 3.38. The van der Waals surface area contributed by atoms with Crippen molar-refractivity contribution in [3.05, 3.63) is 29.1 Å². The summed E-state index contributed by atoms with van der Waals surface area (Å²) in [6, 6.07) is 3.12. The number of aliphatic carboxylic acids is 1. The van der Waals surface area contributed by atoms with Gasteiger partial charge >= 0.3 is 5.97 Å². The van der Waals surface area contributed by atoms with Crippen LogP contribution in [0.2, 0.25) is 0 Å². The molecule has 1 fully saturated rings. The van der Waals surface area contributed by atoms with Gasteiger partial charge in [-0.3, -0.25) is 4.79 Å². The molecule has 3 nitrogen and oxygen atoms in total. The van der Waals surface area contributed by atoms with Crippen molar-refractivity contribution in [1.82, 2.24) is 0 Å². The van der Waals surface area contributed by atoms with E-state index < -0.39 is 11.4 Å². The molecule has 1 aliphatic carbocycles. The fraction of sp³-hybridized carbons (Fsp3) is 0.588. The Morgan fingerprint density at radius 3 is 2.38 bits per heavy atom. The van der Waals surface area contributed by atoms with E-state index in [-0.39, 0.29) is 11.7 Å². The molecule has 1 N–H and O–H groups in total. The number of halogens is 1. The first kappa shape index (κ1) is 15.8. The highest BCUT2D eigenvalue weighted by molar-refractivity contribution is 5.81. The summed E-state index contributed by atoms with van der Waals surface area (Å²) in [5.41, 5.74) is 0.0769. The zero-order chi connectivity index (χ0) is 15.6. The molecule has 0 spiro atoms. The number of carboxylic acids is 1. The van der Waals surface area contributed by atoms with E-state index in [2.05, 4.69) is 0 Å². The van der Waals surface area contributed by atoms with Gasteiger partial charge in [-0.1, -0.05) is 33.1 Å². The van der Waals surface area contributed by atoms with Crippen LogP contribution in [0.5, 0.6) is 5.75 Å². The van der Waals surface area contributed by atoms with E-state index in [4.69, 9.17) is 4.74 Å². The molecule has 21 heavy (non-hydrogen) atoms. The van der Waals surface area contributed by atoms with Gasteiger partial charge in [-0.25, -0.2) is 4.39 Å². The van der Waals surface area contributed by atoms with Crippen molar-refractivity contribution in [2.45, 2.75) is 57.3 Å². The molecule has 0 aliphatic heterocycles. The van der Waals surface area contributed by atoms with Crippen LogP contribution in [0.25, 0.3) is 0 Å². The first-order chi connectivity index (χ1) is 9.92. The van der Waals surface area contributed by atoms with Crippen LogP contribution in [0.15, 0.2) is 12.1 Å². The van der Waals surface area contributed by atoms with Gasteiger partial charge in [0.05, 0.1) is 12.5 Å². The maximum Gasteiger partial charge on any atom is 0.314 e. The average Bonchev–Trinajstić information content (AvgIpc) is 2.46. The van der Waals surface area contributed by atoms with Gasteiger partial charge in [0.15, 0.2) is 0 Å². The maximum absolute atomic E-state index is 14.5. The Balaban J connectivity index is 2.57. The zero-order valence-corrected chi connectivity index (χ0v) is 12.9. The Morgan fingerprint density at radius 1 is 1.29 bits per heavy atom. The predicted octanol–water partition coefficient (Wildman–Crippen LogP) is 4.24. The Bertz CT molecular complexity index is 531. The zero-order valence-electron chi connectivity index (χ0n) is 12.9. The predicted molar refractivity (Wildman–Crippen MR) is 79.4 cm³/mol. The van der Waals surface area contributed by atoms with E-state index in [1.54, 1.807) is 6.07 Å². The summed E-state index contributed by atoms with van der Waals surface area (Å²) in [6.45, 7) is 3.79. The Kier molecular flexibility index (Phi) is 4.55. The van der Waals surface area contributed by atoms with Gasteiger partial charge in [0.1, 0.15) is 11.6 Å². The first-order valence-corrected chi connectivity index (χ1v) is 7.53. The highest BCUT2D eigenvalue weighted by Gasteiger charge is 2.42. The monoisotopic (exact) mass is 294 g/mol. The number of carboxylic acid groups (broad SMARTS) is 1. The second-order valence-electron chi connectivity index (χ2n) is 6.18. The minimum Gasteiger partial charge on any atom is -0.496 e. The number of carbonyl (C=O) groups is 1. The third-order valence-electron chi connectivity index (χ3n) is 4.56. The SMILES string of the molecule is COc1cc(C2(C(=O)O)CCCCC2)cc(F)c1C(C)C. The molecule has 116 valence electrons. The lowest BCUT2D eigenvalue weighted by atomic mass is 9.69. The molecule has 1 aliphatic rings. The molecule has 2 rings (SSSR count). The molecule has 0 aromatic heterocycles. The minimum absolute atomic E-state index is 0.0128. The summed E-state index contributed by atoms with van der Waals surface area (Å²) >= 11 is 0. The summed E-state index contributed by atoms with van der Waals surface area (Å²) in [5, 5.41) is 9.71.